The van der Waals surface area contributed by atoms with E-state index >= 15 is 0 Å². The predicted molar refractivity (Wildman–Crippen MR) is 92.9 cm³/mol. The van der Waals surface area contributed by atoms with Gasteiger partial charge in [0.15, 0.2) is 5.82 Å². The van der Waals surface area contributed by atoms with Crippen LogP contribution in [0.5, 0.6) is 5.88 Å². The molecular formula is C18H21N5O2. The molecule has 0 atom stereocenters. The van der Waals surface area contributed by atoms with Gasteiger partial charge in [-0.15, -0.1) is 5.10 Å². The van der Waals surface area contributed by atoms with E-state index in [1.165, 1.54) is 20.0 Å². The standard InChI is InChI=1S/C18H21N5O2/c1-25-17-14(3-2-8-19-17)18(24)23-11-9-22(10-12-23)16-7-6-15(20-21-16)13-4-5-13/h2-3,6-8,13H,4-5,9-12H2,1H3. The summed E-state index contributed by atoms with van der Waals surface area (Å²) >= 11 is 0. The van der Waals surface area contributed by atoms with Crippen molar-refractivity contribution >= 4 is 11.7 Å². The van der Waals surface area contributed by atoms with Crippen LogP contribution in [0.2, 0.25) is 0 Å². The van der Waals surface area contributed by atoms with Crippen molar-refractivity contribution in [2.24, 2.45) is 0 Å². The number of rotatable bonds is 4. The summed E-state index contributed by atoms with van der Waals surface area (Å²) in [5, 5.41) is 8.70. The van der Waals surface area contributed by atoms with Gasteiger partial charge in [-0.2, -0.15) is 5.10 Å². The van der Waals surface area contributed by atoms with Gasteiger partial charge in [-0.05, 0) is 37.1 Å². The Morgan fingerprint density at radius 3 is 2.56 bits per heavy atom. The first-order valence-corrected chi connectivity index (χ1v) is 8.63. The zero-order valence-corrected chi connectivity index (χ0v) is 14.3. The Balaban J connectivity index is 1.39. The number of aromatic nitrogens is 3. The first-order chi connectivity index (χ1) is 12.3. The summed E-state index contributed by atoms with van der Waals surface area (Å²) in [5.41, 5.74) is 1.60. The molecule has 1 amide bonds. The van der Waals surface area contributed by atoms with E-state index in [0.29, 0.717) is 30.5 Å². The number of nitrogens with zero attached hydrogens (tertiary/aromatic N) is 5. The number of pyridine rings is 1. The molecule has 0 unspecified atom stereocenters. The molecule has 2 fully saturated rings. The van der Waals surface area contributed by atoms with E-state index in [9.17, 15) is 4.79 Å². The van der Waals surface area contributed by atoms with Crippen molar-refractivity contribution in [1.82, 2.24) is 20.1 Å². The zero-order valence-electron chi connectivity index (χ0n) is 14.3. The monoisotopic (exact) mass is 339 g/mol. The maximum absolute atomic E-state index is 12.7. The van der Waals surface area contributed by atoms with Gasteiger partial charge in [0, 0.05) is 38.3 Å². The molecule has 0 aromatic carbocycles. The minimum Gasteiger partial charge on any atom is -0.480 e. The Morgan fingerprint density at radius 1 is 1.12 bits per heavy atom. The number of hydrogen-bond donors (Lipinski definition) is 0. The Bertz CT molecular complexity index is 752. The molecule has 1 saturated heterocycles. The summed E-state index contributed by atoms with van der Waals surface area (Å²) in [7, 11) is 1.53. The summed E-state index contributed by atoms with van der Waals surface area (Å²) in [4.78, 5) is 20.8. The smallest absolute Gasteiger partial charge is 0.259 e. The van der Waals surface area contributed by atoms with Crippen molar-refractivity contribution in [2.75, 3.05) is 38.2 Å². The highest BCUT2D eigenvalue weighted by molar-refractivity contribution is 5.96. The number of carbonyl (C=O) groups excluding carboxylic acids is 1. The molecule has 1 aliphatic carbocycles. The van der Waals surface area contributed by atoms with Gasteiger partial charge in [0.1, 0.15) is 5.56 Å². The molecular weight excluding hydrogens is 318 g/mol. The average Bonchev–Trinajstić information content (AvgIpc) is 3.53. The lowest BCUT2D eigenvalue weighted by Gasteiger charge is -2.35. The number of piperazine rings is 1. The van der Waals surface area contributed by atoms with Crippen LogP contribution in [0.25, 0.3) is 0 Å². The Labute approximate surface area is 146 Å². The van der Waals surface area contributed by atoms with E-state index in [-0.39, 0.29) is 5.91 Å². The number of hydrogen-bond acceptors (Lipinski definition) is 6. The van der Waals surface area contributed by atoms with Gasteiger partial charge in [0.2, 0.25) is 5.88 Å². The highest BCUT2D eigenvalue weighted by atomic mass is 16.5. The van der Waals surface area contributed by atoms with Crippen LogP contribution in [-0.4, -0.2) is 59.3 Å². The molecule has 7 heteroatoms. The number of carbonyl (C=O) groups is 1. The molecule has 2 aliphatic rings. The Hall–Kier alpha value is -2.70. The van der Waals surface area contributed by atoms with E-state index < -0.39 is 0 Å². The van der Waals surface area contributed by atoms with Gasteiger partial charge >= 0.3 is 0 Å². The molecule has 0 N–H and O–H groups in total. The quantitative estimate of drug-likeness (QED) is 0.845. The van der Waals surface area contributed by atoms with Crippen molar-refractivity contribution in [2.45, 2.75) is 18.8 Å². The second kappa shape index (κ2) is 6.66. The van der Waals surface area contributed by atoms with Crippen LogP contribution in [-0.2, 0) is 0 Å². The first kappa shape index (κ1) is 15.8. The number of amides is 1. The fraction of sp³-hybridized carbons (Fsp3) is 0.444. The molecule has 2 aromatic rings. The fourth-order valence-corrected chi connectivity index (χ4v) is 3.13. The molecule has 4 rings (SSSR count). The number of ether oxygens (including phenoxy) is 1. The maximum atomic E-state index is 12.7. The lowest BCUT2D eigenvalue weighted by Crippen LogP contribution is -2.49. The topological polar surface area (TPSA) is 71.5 Å². The summed E-state index contributed by atoms with van der Waals surface area (Å²) in [6.07, 6.45) is 4.08. The summed E-state index contributed by atoms with van der Waals surface area (Å²) in [5.74, 6) is 1.83. The molecule has 130 valence electrons. The number of methoxy groups -OCH3 is 1. The molecule has 0 spiro atoms. The van der Waals surface area contributed by atoms with E-state index in [1.54, 1.807) is 18.3 Å². The van der Waals surface area contributed by atoms with E-state index in [0.717, 1.165) is 24.6 Å². The minimum atomic E-state index is -0.0419. The summed E-state index contributed by atoms with van der Waals surface area (Å²) in [6.45, 7) is 2.77. The second-order valence-corrected chi connectivity index (χ2v) is 6.43. The first-order valence-electron chi connectivity index (χ1n) is 8.63. The van der Waals surface area contributed by atoms with E-state index in [4.69, 9.17) is 4.74 Å². The summed E-state index contributed by atoms with van der Waals surface area (Å²) in [6, 6.07) is 7.63. The molecule has 0 radical (unpaired) electrons. The van der Waals surface area contributed by atoms with Crippen molar-refractivity contribution in [3.05, 3.63) is 41.7 Å². The van der Waals surface area contributed by atoms with Crippen LogP contribution in [0.3, 0.4) is 0 Å². The number of anilines is 1. The van der Waals surface area contributed by atoms with Gasteiger partial charge in [-0.3, -0.25) is 4.79 Å². The molecule has 0 bridgehead atoms. The van der Waals surface area contributed by atoms with Crippen LogP contribution < -0.4 is 9.64 Å². The molecule has 2 aromatic heterocycles. The van der Waals surface area contributed by atoms with Gasteiger partial charge in [0.25, 0.3) is 5.91 Å². The van der Waals surface area contributed by atoms with Crippen LogP contribution in [0.15, 0.2) is 30.5 Å². The van der Waals surface area contributed by atoms with Crippen LogP contribution in [0.1, 0.15) is 34.8 Å². The third kappa shape index (κ3) is 3.26. The van der Waals surface area contributed by atoms with Crippen molar-refractivity contribution in [1.29, 1.82) is 0 Å². The molecule has 1 aliphatic heterocycles. The molecule has 7 nitrogen and oxygen atoms in total. The lowest BCUT2D eigenvalue weighted by molar-refractivity contribution is 0.0742. The second-order valence-electron chi connectivity index (χ2n) is 6.43. The maximum Gasteiger partial charge on any atom is 0.259 e. The average molecular weight is 339 g/mol. The van der Waals surface area contributed by atoms with Crippen LogP contribution >= 0.6 is 0 Å². The minimum absolute atomic E-state index is 0.0419. The largest absolute Gasteiger partial charge is 0.480 e. The third-order valence-corrected chi connectivity index (χ3v) is 4.75. The SMILES string of the molecule is COc1ncccc1C(=O)N1CCN(c2ccc(C3CC3)nn2)CC1. The van der Waals surface area contributed by atoms with Crippen molar-refractivity contribution in [3.63, 3.8) is 0 Å². The summed E-state index contributed by atoms with van der Waals surface area (Å²) < 4.78 is 5.20. The third-order valence-electron chi connectivity index (χ3n) is 4.75. The normalized spacial score (nSPS) is 17.5. The van der Waals surface area contributed by atoms with E-state index in [1.807, 2.05) is 11.0 Å². The molecule has 25 heavy (non-hydrogen) atoms. The lowest BCUT2D eigenvalue weighted by atomic mass is 10.2. The van der Waals surface area contributed by atoms with Crippen LogP contribution in [0.4, 0.5) is 5.82 Å². The fourth-order valence-electron chi connectivity index (χ4n) is 3.13. The van der Waals surface area contributed by atoms with Gasteiger partial charge < -0.3 is 14.5 Å². The predicted octanol–water partition coefficient (Wildman–Crippen LogP) is 1.72. The van der Waals surface area contributed by atoms with Crippen molar-refractivity contribution < 1.29 is 9.53 Å². The van der Waals surface area contributed by atoms with E-state index in [2.05, 4.69) is 26.1 Å². The van der Waals surface area contributed by atoms with Gasteiger partial charge in [-0.1, -0.05) is 0 Å². The van der Waals surface area contributed by atoms with Gasteiger partial charge in [0.05, 0.1) is 12.8 Å². The molecule has 1 saturated carbocycles. The van der Waals surface area contributed by atoms with Gasteiger partial charge in [-0.25, -0.2) is 4.98 Å². The highest BCUT2D eigenvalue weighted by Gasteiger charge is 2.27. The highest BCUT2D eigenvalue weighted by Crippen LogP contribution is 2.38. The molecule has 3 heterocycles. The van der Waals surface area contributed by atoms with Crippen LogP contribution in [0, 0.1) is 0 Å². The Morgan fingerprint density at radius 2 is 1.92 bits per heavy atom. The zero-order chi connectivity index (χ0) is 17.2. The Kier molecular flexibility index (Phi) is 4.21. The van der Waals surface area contributed by atoms with Crippen molar-refractivity contribution in [3.8, 4) is 5.88 Å².